The summed E-state index contributed by atoms with van der Waals surface area (Å²) in [7, 11) is 0. The van der Waals surface area contributed by atoms with Gasteiger partial charge in [0.05, 0.1) is 5.69 Å². The Bertz CT molecular complexity index is 771. The molecule has 0 bridgehead atoms. The Kier molecular flexibility index (Phi) is 5.27. The van der Waals surface area contributed by atoms with Crippen molar-refractivity contribution in [3.8, 4) is 23.6 Å². The summed E-state index contributed by atoms with van der Waals surface area (Å²) in [5, 5.41) is 21.4. The van der Waals surface area contributed by atoms with Gasteiger partial charge >= 0.3 is 0 Å². The Morgan fingerprint density at radius 2 is 1.64 bits per heavy atom. The number of allylic oxidation sites excluding steroid dienone is 1. The number of nitrogens with zero attached hydrogens (tertiary/aromatic N) is 2. The Hall–Kier alpha value is -2.66. The fraction of sp³-hybridized carbons (Fsp3) is 0. The molecule has 0 saturated carbocycles. The Morgan fingerprint density at radius 3 is 2.27 bits per heavy atom. The summed E-state index contributed by atoms with van der Waals surface area (Å²) < 4.78 is 5.74. The highest BCUT2D eigenvalue weighted by Gasteiger charge is 2.06. The van der Waals surface area contributed by atoms with Gasteiger partial charge in [-0.1, -0.05) is 23.2 Å². The summed E-state index contributed by atoms with van der Waals surface area (Å²) in [6.07, 6.45) is 1.29. The van der Waals surface area contributed by atoms with Gasteiger partial charge in [0.1, 0.15) is 23.5 Å². The molecule has 0 aromatic heterocycles. The van der Waals surface area contributed by atoms with E-state index in [9.17, 15) is 0 Å². The Morgan fingerprint density at radius 1 is 1.00 bits per heavy atom. The smallest absolute Gasteiger partial charge is 0.150 e. The number of hydrogen-bond acceptors (Lipinski definition) is 4. The molecule has 0 saturated heterocycles. The van der Waals surface area contributed by atoms with Crippen molar-refractivity contribution >= 4 is 28.9 Å². The molecule has 0 heterocycles. The van der Waals surface area contributed by atoms with Gasteiger partial charge < -0.3 is 10.1 Å². The van der Waals surface area contributed by atoms with Gasteiger partial charge in [0.15, 0.2) is 5.75 Å². The normalized spacial score (nSPS) is 9.27. The largest absolute Gasteiger partial charge is 0.455 e. The molecular formula is C16H9Cl2N3O. The highest BCUT2D eigenvalue weighted by molar-refractivity contribution is 6.31. The van der Waals surface area contributed by atoms with E-state index in [4.69, 9.17) is 38.5 Å². The van der Waals surface area contributed by atoms with Gasteiger partial charge in [-0.25, -0.2) is 0 Å². The summed E-state index contributed by atoms with van der Waals surface area (Å²) in [6.45, 7) is 0. The Balaban J connectivity index is 2.28. The van der Waals surface area contributed by atoms with Crippen LogP contribution >= 0.6 is 23.2 Å². The van der Waals surface area contributed by atoms with Crippen molar-refractivity contribution in [2.45, 2.75) is 0 Å². The first-order valence-electron chi connectivity index (χ1n) is 6.12. The lowest BCUT2D eigenvalue weighted by molar-refractivity contribution is 0.485. The third-order valence-electron chi connectivity index (χ3n) is 2.60. The molecular weight excluding hydrogens is 321 g/mol. The number of hydrogen-bond donors (Lipinski definition) is 1. The predicted octanol–water partition coefficient (Wildman–Crippen LogP) is 5.13. The first-order valence-corrected chi connectivity index (χ1v) is 6.88. The third-order valence-corrected chi connectivity index (χ3v) is 3.08. The lowest BCUT2D eigenvalue weighted by atomic mass is 10.2. The van der Waals surface area contributed by atoms with Crippen molar-refractivity contribution in [1.29, 1.82) is 10.5 Å². The SMILES string of the molecule is N#CC(C#N)=CNc1cc(Cl)ccc1Oc1ccc(Cl)cc1. The molecule has 2 aromatic carbocycles. The fourth-order valence-corrected chi connectivity index (χ4v) is 1.87. The summed E-state index contributed by atoms with van der Waals surface area (Å²) in [5.74, 6) is 1.10. The standard InChI is InChI=1S/C16H9Cl2N3O/c17-12-1-4-14(5-2-12)22-16-6-3-13(18)7-15(16)21-10-11(8-19)9-20/h1-7,10,21H. The van der Waals surface area contributed by atoms with E-state index in [1.165, 1.54) is 6.20 Å². The molecule has 0 spiro atoms. The van der Waals surface area contributed by atoms with Crippen LogP contribution in [0.25, 0.3) is 0 Å². The molecule has 0 aliphatic carbocycles. The number of ether oxygens (including phenoxy) is 1. The van der Waals surface area contributed by atoms with Crippen LogP contribution in [-0.2, 0) is 0 Å². The van der Waals surface area contributed by atoms with Crippen molar-refractivity contribution in [3.05, 3.63) is 64.3 Å². The minimum atomic E-state index is -0.0579. The molecule has 0 atom stereocenters. The molecule has 2 aromatic rings. The second-order valence-corrected chi connectivity index (χ2v) is 5.00. The fourth-order valence-electron chi connectivity index (χ4n) is 1.57. The van der Waals surface area contributed by atoms with Crippen LogP contribution in [0.3, 0.4) is 0 Å². The lowest BCUT2D eigenvalue weighted by Crippen LogP contribution is -1.94. The lowest BCUT2D eigenvalue weighted by Gasteiger charge is -2.11. The van der Waals surface area contributed by atoms with Crippen molar-refractivity contribution in [2.24, 2.45) is 0 Å². The van der Waals surface area contributed by atoms with E-state index in [0.29, 0.717) is 27.2 Å². The summed E-state index contributed by atoms with van der Waals surface area (Å²) in [5.41, 5.74) is 0.475. The zero-order chi connectivity index (χ0) is 15.9. The van der Waals surface area contributed by atoms with Crippen LogP contribution in [0.1, 0.15) is 0 Å². The van der Waals surface area contributed by atoms with Gasteiger partial charge in [-0.3, -0.25) is 0 Å². The summed E-state index contributed by atoms with van der Waals surface area (Å²) in [4.78, 5) is 0. The zero-order valence-corrected chi connectivity index (χ0v) is 12.7. The quantitative estimate of drug-likeness (QED) is 0.789. The first kappa shape index (κ1) is 15.7. The van der Waals surface area contributed by atoms with Gasteiger partial charge in [-0.2, -0.15) is 10.5 Å². The monoisotopic (exact) mass is 329 g/mol. The molecule has 22 heavy (non-hydrogen) atoms. The van der Waals surface area contributed by atoms with Crippen molar-refractivity contribution < 1.29 is 4.74 Å². The minimum absolute atomic E-state index is 0.0579. The van der Waals surface area contributed by atoms with Gasteiger partial charge in [0, 0.05) is 16.2 Å². The summed E-state index contributed by atoms with van der Waals surface area (Å²) >= 11 is 11.8. The molecule has 0 radical (unpaired) electrons. The van der Waals surface area contributed by atoms with Crippen LogP contribution in [0, 0.1) is 22.7 Å². The Labute approximate surface area is 137 Å². The second kappa shape index (κ2) is 7.38. The van der Waals surface area contributed by atoms with Crippen LogP contribution < -0.4 is 10.1 Å². The second-order valence-electron chi connectivity index (χ2n) is 4.12. The number of halogens is 2. The molecule has 2 rings (SSSR count). The van der Waals surface area contributed by atoms with Crippen LogP contribution in [0.4, 0.5) is 5.69 Å². The van der Waals surface area contributed by atoms with Crippen molar-refractivity contribution in [2.75, 3.05) is 5.32 Å². The highest BCUT2D eigenvalue weighted by atomic mass is 35.5. The van der Waals surface area contributed by atoms with E-state index < -0.39 is 0 Å². The van der Waals surface area contributed by atoms with Crippen LogP contribution in [-0.4, -0.2) is 0 Å². The van der Waals surface area contributed by atoms with E-state index in [1.807, 2.05) is 0 Å². The van der Waals surface area contributed by atoms with Gasteiger partial charge in [-0.15, -0.1) is 0 Å². The topological polar surface area (TPSA) is 68.8 Å². The zero-order valence-electron chi connectivity index (χ0n) is 11.2. The summed E-state index contributed by atoms with van der Waals surface area (Å²) in [6, 6.07) is 15.4. The van der Waals surface area contributed by atoms with Gasteiger partial charge in [0.25, 0.3) is 0 Å². The molecule has 0 unspecified atom stereocenters. The molecule has 4 nitrogen and oxygen atoms in total. The van der Waals surface area contributed by atoms with E-state index in [-0.39, 0.29) is 5.57 Å². The third kappa shape index (κ3) is 4.17. The van der Waals surface area contributed by atoms with E-state index in [2.05, 4.69) is 5.32 Å². The predicted molar refractivity (Wildman–Crippen MR) is 85.9 cm³/mol. The van der Waals surface area contributed by atoms with Crippen LogP contribution in [0.2, 0.25) is 10.0 Å². The number of nitriles is 2. The molecule has 0 fully saturated rings. The maximum atomic E-state index is 8.74. The molecule has 1 N–H and O–H groups in total. The van der Waals surface area contributed by atoms with Crippen LogP contribution in [0.15, 0.2) is 54.2 Å². The van der Waals surface area contributed by atoms with Gasteiger partial charge in [0.2, 0.25) is 0 Å². The van der Waals surface area contributed by atoms with E-state index >= 15 is 0 Å². The highest BCUT2D eigenvalue weighted by Crippen LogP contribution is 2.32. The first-order chi connectivity index (χ1) is 10.6. The molecule has 0 aliphatic heterocycles. The average molecular weight is 330 g/mol. The number of nitrogens with one attached hydrogen (secondary N) is 1. The molecule has 0 amide bonds. The molecule has 6 heteroatoms. The van der Waals surface area contributed by atoms with E-state index in [0.717, 1.165) is 0 Å². The molecule has 0 aliphatic rings. The maximum Gasteiger partial charge on any atom is 0.150 e. The van der Waals surface area contributed by atoms with Crippen molar-refractivity contribution in [3.63, 3.8) is 0 Å². The van der Waals surface area contributed by atoms with Crippen molar-refractivity contribution in [1.82, 2.24) is 0 Å². The van der Waals surface area contributed by atoms with Gasteiger partial charge in [-0.05, 0) is 42.5 Å². The molecule has 108 valence electrons. The number of rotatable bonds is 4. The van der Waals surface area contributed by atoms with Crippen LogP contribution in [0.5, 0.6) is 11.5 Å². The van der Waals surface area contributed by atoms with E-state index in [1.54, 1.807) is 54.6 Å². The maximum absolute atomic E-state index is 8.74. The number of anilines is 1. The average Bonchev–Trinajstić information content (AvgIpc) is 2.53. The minimum Gasteiger partial charge on any atom is -0.455 e. The number of benzene rings is 2.